The van der Waals surface area contributed by atoms with Gasteiger partial charge in [0, 0.05) is 6.07 Å². The zero-order valence-electron chi connectivity index (χ0n) is 6.00. The van der Waals surface area contributed by atoms with Crippen LogP contribution in [0.3, 0.4) is 0 Å². The van der Waals surface area contributed by atoms with E-state index in [4.69, 9.17) is 0 Å². The van der Waals surface area contributed by atoms with E-state index < -0.39 is 13.0 Å². The summed E-state index contributed by atoms with van der Waals surface area (Å²) >= 11 is 0. The van der Waals surface area contributed by atoms with E-state index >= 15 is 0 Å². The smallest absolute Gasteiger partial charge is 0.285 e. The minimum Gasteiger partial charge on any atom is -0.459 e. The van der Waals surface area contributed by atoms with Gasteiger partial charge in [0.05, 0.1) is 0 Å². The lowest BCUT2D eigenvalue weighted by Crippen LogP contribution is -2.06. The van der Waals surface area contributed by atoms with Crippen LogP contribution in [0.1, 0.15) is 10.6 Å². The molecular formula is C7H6F2O3. The first-order valence-corrected chi connectivity index (χ1v) is 3.18. The molecule has 0 atom stereocenters. The second-order valence-corrected chi connectivity index (χ2v) is 1.98. The van der Waals surface area contributed by atoms with Gasteiger partial charge in [-0.05, 0) is 6.07 Å². The molecule has 1 rings (SSSR count). The van der Waals surface area contributed by atoms with Crippen LogP contribution in [0, 0.1) is 0 Å². The summed E-state index contributed by atoms with van der Waals surface area (Å²) in [5.41, 5.74) is 0. The molecule has 0 saturated carbocycles. The van der Waals surface area contributed by atoms with Gasteiger partial charge in [0.25, 0.3) is 12.4 Å². The standard InChI is InChI=1S/C7H6F2O3/c8-6(9)4-11-7-2-1-5(3-10)12-7/h1-3,6H,4H2. The number of rotatable bonds is 4. The van der Waals surface area contributed by atoms with Gasteiger partial charge in [-0.25, -0.2) is 8.78 Å². The number of hydrogen-bond donors (Lipinski definition) is 0. The Bertz CT molecular complexity index is 257. The summed E-state index contributed by atoms with van der Waals surface area (Å²) in [4.78, 5) is 10.1. The van der Waals surface area contributed by atoms with Crippen LogP contribution in [0.5, 0.6) is 5.95 Å². The van der Waals surface area contributed by atoms with Crippen molar-refractivity contribution < 1.29 is 22.7 Å². The average Bonchev–Trinajstić information content (AvgIpc) is 2.48. The zero-order chi connectivity index (χ0) is 8.97. The molecule has 5 heteroatoms. The Hall–Kier alpha value is -1.39. The molecule has 0 spiro atoms. The van der Waals surface area contributed by atoms with Gasteiger partial charge in [0.2, 0.25) is 0 Å². The number of halogens is 2. The summed E-state index contributed by atoms with van der Waals surface area (Å²) in [6.45, 7) is -0.730. The fraction of sp³-hybridized carbons (Fsp3) is 0.286. The van der Waals surface area contributed by atoms with Gasteiger partial charge in [-0.15, -0.1) is 0 Å². The van der Waals surface area contributed by atoms with Gasteiger partial charge in [-0.1, -0.05) is 0 Å². The van der Waals surface area contributed by atoms with Crippen LogP contribution in [-0.2, 0) is 0 Å². The highest BCUT2D eigenvalue weighted by Gasteiger charge is 2.06. The molecule has 1 aromatic rings. The summed E-state index contributed by atoms with van der Waals surface area (Å²) in [5.74, 6) is -0.0170. The number of furan rings is 1. The molecule has 0 amide bonds. The SMILES string of the molecule is O=Cc1ccc(OCC(F)F)o1. The Morgan fingerprint density at radius 1 is 1.58 bits per heavy atom. The second-order valence-electron chi connectivity index (χ2n) is 1.98. The third-order valence-electron chi connectivity index (χ3n) is 1.07. The predicted molar refractivity (Wildman–Crippen MR) is 35.6 cm³/mol. The molecule has 0 fully saturated rings. The first-order chi connectivity index (χ1) is 5.72. The topological polar surface area (TPSA) is 39.4 Å². The molecule has 0 saturated heterocycles. The summed E-state index contributed by atoms with van der Waals surface area (Å²) in [5, 5.41) is 0. The van der Waals surface area contributed by atoms with Gasteiger partial charge in [0.15, 0.2) is 18.7 Å². The van der Waals surface area contributed by atoms with Crippen molar-refractivity contribution in [3.63, 3.8) is 0 Å². The molecule has 12 heavy (non-hydrogen) atoms. The summed E-state index contributed by atoms with van der Waals surface area (Å²) in [6.07, 6.45) is -2.08. The molecule has 0 N–H and O–H groups in total. The predicted octanol–water partition coefficient (Wildman–Crippen LogP) is 1.74. The van der Waals surface area contributed by atoms with Crippen molar-refractivity contribution in [3.05, 3.63) is 17.9 Å². The fourth-order valence-corrected chi connectivity index (χ4v) is 0.620. The number of ether oxygens (including phenoxy) is 1. The number of carbonyl (C=O) groups is 1. The van der Waals surface area contributed by atoms with Crippen LogP contribution in [-0.4, -0.2) is 19.3 Å². The van der Waals surface area contributed by atoms with Crippen molar-refractivity contribution in [2.75, 3.05) is 6.61 Å². The molecule has 66 valence electrons. The maximum absolute atomic E-state index is 11.6. The molecular weight excluding hydrogens is 170 g/mol. The summed E-state index contributed by atoms with van der Waals surface area (Å²) < 4.78 is 32.3. The normalized spacial score (nSPS) is 10.2. The number of hydrogen-bond acceptors (Lipinski definition) is 3. The van der Waals surface area contributed by atoms with E-state index in [-0.39, 0.29) is 11.7 Å². The van der Waals surface area contributed by atoms with E-state index in [0.29, 0.717) is 6.29 Å². The Morgan fingerprint density at radius 2 is 2.33 bits per heavy atom. The van der Waals surface area contributed by atoms with Gasteiger partial charge in [-0.2, -0.15) is 0 Å². The Balaban J connectivity index is 2.47. The Labute approximate surface area is 66.9 Å². The molecule has 0 aliphatic heterocycles. The monoisotopic (exact) mass is 176 g/mol. The maximum Gasteiger partial charge on any atom is 0.285 e. The summed E-state index contributed by atoms with van der Waals surface area (Å²) in [7, 11) is 0. The van der Waals surface area contributed by atoms with Gasteiger partial charge >= 0.3 is 0 Å². The van der Waals surface area contributed by atoms with Crippen LogP contribution in [0.2, 0.25) is 0 Å². The molecule has 0 aromatic carbocycles. The zero-order valence-corrected chi connectivity index (χ0v) is 6.00. The van der Waals surface area contributed by atoms with E-state index in [9.17, 15) is 13.6 Å². The van der Waals surface area contributed by atoms with Crippen LogP contribution >= 0.6 is 0 Å². The van der Waals surface area contributed by atoms with Gasteiger partial charge in [-0.3, -0.25) is 4.79 Å². The molecule has 0 aliphatic rings. The largest absolute Gasteiger partial charge is 0.459 e. The molecule has 1 aromatic heterocycles. The van der Waals surface area contributed by atoms with Crippen molar-refractivity contribution in [2.45, 2.75) is 6.43 Å². The molecule has 0 radical (unpaired) electrons. The molecule has 3 nitrogen and oxygen atoms in total. The van der Waals surface area contributed by atoms with E-state index in [0.717, 1.165) is 0 Å². The van der Waals surface area contributed by atoms with Gasteiger partial charge < -0.3 is 9.15 Å². The van der Waals surface area contributed by atoms with E-state index in [1.54, 1.807) is 0 Å². The molecule has 0 aliphatic carbocycles. The van der Waals surface area contributed by atoms with Gasteiger partial charge in [0.1, 0.15) is 0 Å². The lowest BCUT2D eigenvalue weighted by atomic mass is 10.5. The fourth-order valence-electron chi connectivity index (χ4n) is 0.620. The minimum atomic E-state index is -2.55. The van der Waals surface area contributed by atoms with Crippen molar-refractivity contribution in [2.24, 2.45) is 0 Å². The third-order valence-corrected chi connectivity index (χ3v) is 1.07. The van der Waals surface area contributed by atoms with Crippen LogP contribution in [0.25, 0.3) is 0 Å². The quantitative estimate of drug-likeness (QED) is 0.656. The highest BCUT2D eigenvalue weighted by Crippen LogP contribution is 2.14. The molecule has 0 unspecified atom stereocenters. The molecule has 1 heterocycles. The Morgan fingerprint density at radius 3 is 2.83 bits per heavy atom. The van der Waals surface area contributed by atoms with Crippen molar-refractivity contribution >= 4 is 6.29 Å². The van der Waals surface area contributed by atoms with Crippen LogP contribution < -0.4 is 4.74 Å². The van der Waals surface area contributed by atoms with Crippen LogP contribution in [0.15, 0.2) is 16.5 Å². The highest BCUT2D eigenvalue weighted by molar-refractivity contribution is 5.70. The Kier molecular flexibility index (Phi) is 2.79. The lowest BCUT2D eigenvalue weighted by Gasteiger charge is -1.99. The summed E-state index contributed by atoms with van der Waals surface area (Å²) in [6, 6.07) is 2.65. The van der Waals surface area contributed by atoms with Crippen molar-refractivity contribution in [3.8, 4) is 5.95 Å². The minimum absolute atomic E-state index is 0.0549. The third kappa shape index (κ3) is 2.34. The maximum atomic E-state index is 11.6. The number of alkyl halides is 2. The van der Waals surface area contributed by atoms with E-state index in [2.05, 4.69) is 9.15 Å². The van der Waals surface area contributed by atoms with Crippen molar-refractivity contribution in [1.82, 2.24) is 0 Å². The first kappa shape index (κ1) is 8.70. The number of aldehydes is 1. The van der Waals surface area contributed by atoms with E-state index in [1.165, 1.54) is 12.1 Å². The number of carbonyl (C=O) groups excluding carboxylic acids is 1. The van der Waals surface area contributed by atoms with E-state index in [1.807, 2.05) is 0 Å². The first-order valence-electron chi connectivity index (χ1n) is 3.18. The van der Waals surface area contributed by atoms with Crippen molar-refractivity contribution in [1.29, 1.82) is 0 Å². The lowest BCUT2D eigenvalue weighted by molar-refractivity contribution is 0.0682. The highest BCUT2D eigenvalue weighted by atomic mass is 19.3. The average molecular weight is 176 g/mol. The second kappa shape index (κ2) is 3.85. The molecule has 0 bridgehead atoms. The van der Waals surface area contributed by atoms with Crippen LogP contribution in [0.4, 0.5) is 8.78 Å².